The van der Waals surface area contributed by atoms with Crippen LogP contribution < -0.4 is 19.6 Å². The van der Waals surface area contributed by atoms with E-state index in [9.17, 15) is 9.18 Å². The van der Waals surface area contributed by atoms with Crippen LogP contribution in [0, 0.1) is 18.2 Å². The molecule has 2 N–H and O–H groups in total. The third kappa shape index (κ3) is 5.78. The number of hydrogen-bond acceptors (Lipinski definition) is 5. The number of benzene rings is 3. The van der Waals surface area contributed by atoms with Crippen molar-refractivity contribution in [1.82, 2.24) is 9.88 Å². The van der Waals surface area contributed by atoms with E-state index in [1.54, 1.807) is 26.4 Å². The van der Waals surface area contributed by atoms with Crippen molar-refractivity contribution in [3.8, 4) is 22.6 Å². The monoisotopic (exact) mass is 491 g/mol. The van der Waals surface area contributed by atoms with Crippen molar-refractivity contribution in [2.45, 2.75) is 20.0 Å². The highest BCUT2D eigenvalue weighted by atomic mass is 32.1. The largest absolute Gasteiger partial charge is 0.497 e. The zero-order chi connectivity index (χ0) is 24.9. The van der Waals surface area contributed by atoms with Crippen LogP contribution in [0.3, 0.4) is 0 Å². The molecule has 1 amide bonds. The number of ether oxygens (including phenoxy) is 2. The Bertz CT molecular complexity index is 1410. The molecular formula is C27H26FN3O3S. The Hall–Kier alpha value is -3.91. The van der Waals surface area contributed by atoms with Crippen LogP contribution in [-0.4, -0.2) is 24.7 Å². The minimum Gasteiger partial charge on any atom is -0.497 e. The summed E-state index contributed by atoms with van der Waals surface area (Å²) in [7, 11) is 3.16. The van der Waals surface area contributed by atoms with Crippen LogP contribution >= 0.6 is 11.3 Å². The van der Waals surface area contributed by atoms with Gasteiger partial charge in [-0.2, -0.15) is 0 Å². The highest BCUT2D eigenvalue weighted by Gasteiger charge is 2.13. The SMILES string of the molecule is COc1cc(CNC(=O)c2cc(Cn3ccsc3=N)cc(-c3ccc(F)cc3C)c2)cc(OC)c1. The Balaban J connectivity index is 1.66. The van der Waals surface area contributed by atoms with Crippen LogP contribution in [0.1, 0.15) is 27.0 Å². The molecule has 35 heavy (non-hydrogen) atoms. The molecule has 4 aromatic rings. The van der Waals surface area contributed by atoms with Gasteiger partial charge in [0, 0.05) is 36.3 Å². The van der Waals surface area contributed by atoms with Gasteiger partial charge in [0.05, 0.1) is 14.2 Å². The van der Waals surface area contributed by atoms with E-state index >= 15 is 0 Å². The fourth-order valence-corrected chi connectivity index (χ4v) is 4.50. The first kappa shape index (κ1) is 24.2. The predicted molar refractivity (Wildman–Crippen MR) is 135 cm³/mol. The number of thiazole rings is 1. The van der Waals surface area contributed by atoms with Gasteiger partial charge in [0.25, 0.3) is 5.91 Å². The zero-order valence-electron chi connectivity index (χ0n) is 19.7. The van der Waals surface area contributed by atoms with E-state index < -0.39 is 0 Å². The third-order valence-corrected chi connectivity index (χ3v) is 6.37. The minimum absolute atomic E-state index is 0.240. The van der Waals surface area contributed by atoms with Crippen molar-refractivity contribution in [3.05, 3.63) is 99.0 Å². The van der Waals surface area contributed by atoms with E-state index in [0.717, 1.165) is 27.8 Å². The summed E-state index contributed by atoms with van der Waals surface area (Å²) in [6.45, 7) is 2.58. The zero-order valence-corrected chi connectivity index (χ0v) is 20.5. The van der Waals surface area contributed by atoms with E-state index in [4.69, 9.17) is 14.9 Å². The summed E-state index contributed by atoms with van der Waals surface area (Å²) in [5, 5.41) is 12.9. The predicted octanol–water partition coefficient (Wildman–Crippen LogP) is 5.14. The summed E-state index contributed by atoms with van der Waals surface area (Å²) in [4.78, 5) is 13.6. The summed E-state index contributed by atoms with van der Waals surface area (Å²) in [5.74, 6) is 0.741. The highest BCUT2D eigenvalue weighted by Crippen LogP contribution is 2.27. The smallest absolute Gasteiger partial charge is 0.251 e. The molecule has 1 heterocycles. The van der Waals surface area contributed by atoms with Crippen LogP contribution in [0.25, 0.3) is 11.1 Å². The van der Waals surface area contributed by atoms with Gasteiger partial charge in [0.2, 0.25) is 0 Å². The second-order valence-electron chi connectivity index (χ2n) is 8.12. The number of nitrogens with one attached hydrogen (secondary N) is 2. The van der Waals surface area contributed by atoms with Crippen molar-refractivity contribution in [1.29, 1.82) is 5.41 Å². The molecule has 4 rings (SSSR count). The molecule has 0 radical (unpaired) electrons. The summed E-state index contributed by atoms with van der Waals surface area (Å²) < 4.78 is 26.1. The number of carbonyl (C=O) groups is 1. The van der Waals surface area contributed by atoms with Crippen LogP contribution in [0.2, 0.25) is 0 Å². The van der Waals surface area contributed by atoms with Gasteiger partial charge in [-0.05, 0) is 77.2 Å². The van der Waals surface area contributed by atoms with E-state index in [1.165, 1.54) is 23.5 Å². The quantitative estimate of drug-likeness (QED) is 0.358. The number of carbonyl (C=O) groups excluding carboxylic acids is 1. The second kappa shape index (κ2) is 10.6. The topological polar surface area (TPSA) is 76.3 Å². The van der Waals surface area contributed by atoms with Gasteiger partial charge in [-0.1, -0.05) is 6.07 Å². The Kier molecular flexibility index (Phi) is 7.31. The molecule has 3 aromatic carbocycles. The number of amides is 1. The van der Waals surface area contributed by atoms with Crippen molar-refractivity contribution in [2.24, 2.45) is 0 Å². The fourth-order valence-electron chi connectivity index (χ4n) is 3.90. The molecule has 0 unspecified atom stereocenters. The minimum atomic E-state index is -0.304. The average Bonchev–Trinajstić information content (AvgIpc) is 3.26. The van der Waals surface area contributed by atoms with Crippen molar-refractivity contribution < 1.29 is 18.7 Å². The molecule has 0 aliphatic heterocycles. The lowest BCUT2D eigenvalue weighted by Gasteiger charge is -2.14. The maximum absolute atomic E-state index is 13.7. The first-order chi connectivity index (χ1) is 16.9. The Morgan fingerprint density at radius 2 is 1.77 bits per heavy atom. The molecule has 1 aromatic heterocycles. The van der Waals surface area contributed by atoms with E-state index in [2.05, 4.69) is 5.32 Å². The van der Waals surface area contributed by atoms with Gasteiger partial charge in [0.1, 0.15) is 17.3 Å². The maximum Gasteiger partial charge on any atom is 0.251 e. The van der Waals surface area contributed by atoms with E-state index in [1.807, 2.05) is 53.4 Å². The van der Waals surface area contributed by atoms with Crippen LogP contribution in [-0.2, 0) is 13.1 Å². The molecule has 0 saturated carbocycles. The third-order valence-electron chi connectivity index (χ3n) is 5.65. The van der Waals surface area contributed by atoms with Crippen LogP contribution in [0.5, 0.6) is 11.5 Å². The summed E-state index contributed by atoms with van der Waals surface area (Å²) in [6, 6.07) is 15.7. The van der Waals surface area contributed by atoms with Crippen LogP contribution in [0.15, 0.2) is 66.2 Å². The lowest BCUT2D eigenvalue weighted by molar-refractivity contribution is 0.0950. The number of aryl methyl sites for hydroxylation is 1. The molecule has 6 nitrogen and oxygen atoms in total. The van der Waals surface area contributed by atoms with Gasteiger partial charge in [0.15, 0.2) is 4.80 Å². The number of methoxy groups -OCH3 is 2. The molecule has 0 spiro atoms. The van der Waals surface area contributed by atoms with Crippen molar-refractivity contribution in [3.63, 3.8) is 0 Å². The molecule has 0 fully saturated rings. The second-order valence-corrected chi connectivity index (χ2v) is 9.01. The molecule has 0 bridgehead atoms. The maximum atomic E-state index is 13.7. The molecule has 8 heteroatoms. The number of rotatable bonds is 8. The molecule has 0 atom stereocenters. The van der Waals surface area contributed by atoms with Gasteiger partial charge < -0.3 is 19.4 Å². The molecule has 180 valence electrons. The first-order valence-corrected chi connectivity index (χ1v) is 11.8. The summed E-state index contributed by atoms with van der Waals surface area (Å²) >= 11 is 1.34. The number of nitrogens with zero attached hydrogens (tertiary/aromatic N) is 1. The Morgan fingerprint density at radius 3 is 2.40 bits per heavy atom. The highest BCUT2D eigenvalue weighted by molar-refractivity contribution is 7.06. The van der Waals surface area contributed by atoms with Crippen molar-refractivity contribution >= 4 is 17.2 Å². The number of halogens is 1. The molecule has 0 aliphatic carbocycles. The van der Waals surface area contributed by atoms with E-state index in [-0.39, 0.29) is 18.3 Å². The van der Waals surface area contributed by atoms with Gasteiger partial charge in [-0.3, -0.25) is 10.2 Å². The van der Waals surface area contributed by atoms with Crippen LogP contribution in [0.4, 0.5) is 4.39 Å². The standard InChI is InChI=1S/C27H26FN3O3S/c1-17-8-22(28)4-5-25(17)20-9-19(16-31-6-7-35-27(31)29)10-21(13-20)26(32)30-15-18-11-23(33-2)14-24(12-18)34-3/h4-14,29H,15-16H2,1-3H3,(H,30,32). The fraction of sp³-hybridized carbons (Fsp3) is 0.185. The van der Waals surface area contributed by atoms with Crippen molar-refractivity contribution in [2.75, 3.05) is 14.2 Å². The van der Waals surface area contributed by atoms with E-state index in [0.29, 0.717) is 28.4 Å². The molecule has 0 saturated heterocycles. The van der Waals surface area contributed by atoms with Gasteiger partial charge >= 0.3 is 0 Å². The number of hydrogen-bond donors (Lipinski definition) is 2. The summed E-state index contributed by atoms with van der Waals surface area (Å²) in [5.41, 5.74) is 4.64. The van der Waals surface area contributed by atoms with Gasteiger partial charge in [-0.15, -0.1) is 11.3 Å². The molecule has 0 aliphatic rings. The number of aromatic nitrogens is 1. The normalized spacial score (nSPS) is 10.7. The molecular weight excluding hydrogens is 465 g/mol. The Morgan fingerprint density at radius 1 is 1.03 bits per heavy atom. The lowest BCUT2D eigenvalue weighted by Crippen LogP contribution is -2.23. The van der Waals surface area contributed by atoms with Gasteiger partial charge in [-0.25, -0.2) is 4.39 Å². The first-order valence-electron chi connectivity index (χ1n) is 11.0. The Labute approximate surface area is 207 Å². The summed E-state index contributed by atoms with van der Waals surface area (Å²) in [6.07, 6.45) is 1.85. The lowest BCUT2D eigenvalue weighted by atomic mass is 9.96. The average molecular weight is 492 g/mol.